The molecular weight excluding hydrogens is 292 g/mol. The minimum atomic E-state index is -0.318. The van der Waals surface area contributed by atoms with E-state index < -0.39 is 0 Å². The molecule has 6 nitrogen and oxygen atoms in total. The number of nitrogens with one attached hydrogen (secondary N) is 2. The fourth-order valence-corrected chi connectivity index (χ4v) is 2.45. The fraction of sp³-hybridized carbons (Fsp3) is 0.235. The van der Waals surface area contributed by atoms with Crippen molar-refractivity contribution >= 4 is 22.6 Å². The molecule has 23 heavy (non-hydrogen) atoms. The van der Waals surface area contributed by atoms with Gasteiger partial charge in [0.2, 0.25) is 0 Å². The van der Waals surface area contributed by atoms with Crippen LogP contribution in [0.4, 0.5) is 5.82 Å². The average Bonchev–Trinajstić information content (AvgIpc) is 2.88. The second-order valence-corrected chi connectivity index (χ2v) is 6.32. The molecule has 2 N–H and O–H groups in total. The molecule has 0 aliphatic heterocycles. The summed E-state index contributed by atoms with van der Waals surface area (Å²) >= 11 is 0. The Hall–Kier alpha value is -2.89. The highest BCUT2D eigenvalue weighted by Gasteiger charge is 2.23. The Balaban J connectivity index is 2.11. The maximum absolute atomic E-state index is 12.4. The highest BCUT2D eigenvalue weighted by Crippen LogP contribution is 2.25. The monoisotopic (exact) mass is 310 g/mol. The third-order valence-electron chi connectivity index (χ3n) is 3.51. The number of fused-ring (bicyclic) bond motifs is 1. The second-order valence-electron chi connectivity index (χ2n) is 6.32. The van der Waals surface area contributed by atoms with Gasteiger partial charge in [-0.15, -0.1) is 0 Å². The zero-order valence-corrected chi connectivity index (χ0v) is 13.3. The lowest BCUT2D eigenvalue weighted by Crippen LogP contribution is -2.23. The van der Waals surface area contributed by atoms with Gasteiger partial charge in [-0.25, -0.2) is 0 Å². The topological polar surface area (TPSA) is 79.8 Å². The van der Waals surface area contributed by atoms with Gasteiger partial charge in [-0.2, -0.15) is 5.10 Å². The molecule has 3 rings (SSSR count). The van der Waals surface area contributed by atoms with Gasteiger partial charge in [-0.05, 0) is 39.0 Å². The number of carbonyl (C=O) groups is 1. The summed E-state index contributed by atoms with van der Waals surface area (Å²) in [7, 11) is 0. The van der Waals surface area contributed by atoms with Crippen molar-refractivity contribution in [2.75, 3.05) is 5.32 Å². The summed E-state index contributed by atoms with van der Waals surface area (Å²) in [5.41, 5.74) is 0.603. The summed E-state index contributed by atoms with van der Waals surface area (Å²) in [6.07, 6.45) is 1.58. The third kappa shape index (κ3) is 2.75. The minimum absolute atomic E-state index is 0.269. The third-order valence-corrected chi connectivity index (χ3v) is 3.51. The van der Waals surface area contributed by atoms with Gasteiger partial charge < -0.3 is 10.3 Å². The summed E-state index contributed by atoms with van der Waals surface area (Å²) in [4.78, 5) is 27.2. The smallest absolute Gasteiger partial charge is 0.261 e. The van der Waals surface area contributed by atoms with Crippen LogP contribution in [0.5, 0.6) is 0 Å². The lowest BCUT2D eigenvalue weighted by molar-refractivity contribution is 0.102. The van der Waals surface area contributed by atoms with Crippen molar-refractivity contribution in [3.05, 3.63) is 58.5 Å². The zero-order chi connectivity index (χ0) is 16.6. The zero-order valence-electron chi connectivity index (χ0n) is 13.3. The molecule has 0 saturated carbocycles. The first kappa shape index (κ1) is 15.0. The molecule has 3 aromatic rings. The molecule has 6 heteroatoms. The number of carbonyl (C=O) groups excluding carboxylic acids is 1. The van der Waals surface area contributed by atoms with Crippen molar-refractivity contribution in [1.82, 2.24) is 14.8 Å². The Kier molecular flexibility index (Phi) is 3.52. The Morgan fingerprint density at radius 1 is 1.17 bits per heavy atom. The van der Waals surface area contributed by atoms with Crippen LogP contribution in [-0.2, 0) is 5.54 Å². The van der Waals surface area contributed by atoms with E-state index in [9.17, 15) is 9.59 Å². The van der Waals surface area contributed by atoms with E-state index in [-0.39, 0.29) is 22.8 Å². The summed E-state index contributed by atoms with van der Waals surface area (Å²) in [6.45, 7) is 5.97. The van der Waals surface area contributed by atoms with Crippen LogP contribution in [0.3, 0.4) is 0 Å². The Labute approximate surface area is 133 Å². The number of anilines is 1. The number of benzene rings is 1. The summed E-state index contributed by atoms with van der Waals surface area (Å²) in [5, 5.41) is 7.58. The van der Waals surface area contributed by atoms with Crippen LogP contribution in [0.1, 0.15) is 31.1 Å². The van der Waals surface area contributed by atoms with Gasteiger partial charge in [-0.3, -0.25) is 14.3 Å². The van der Waals surface area contributed by atoms with E-state index in [0.717, 1.165) is 0 Å². The summed E-state index contributed by atoms with van der Waals surface area (Å²) in [6, 6.07) is 10.6. The van der Waals surface area contributed by atoms with Crippen LogP contribution in [0.25, 0.3) is 10.9 Å². The molecule has 0 spiro atoms. The van der Waals surface area contributed by atoms with Crippen molar-refractivity contribution < 1.29 is 4.79 Å². The summed E-state index contributed by atoms with van der Waals surface area (Å²) < 4.78 is 1.75. The molecule has 0 unspecified atom stereocenters. The van der Waals surface area contributed by atoms with E-state index in [1.807, 2.05) is 26.8 Å². The quantitative estimate of drug-likeness (QED) is 0.764. The molecule has 0 fully saturated rings. The maximum atomic E-state index is 12.4. The minimum Gasteiger partial charge on any atom is -0.328 e. The Morgan fingerprint density at radius 2 is 1.87 bits per heavy atom. The number of pyridine rings is 1. The van der Waals surface area contributed by atoms with Crippen LogP contribution in [-0.4, -0.2) is 20.7 Å². The predicted octanol–water partition coefficient (Wildman–Crippen LogP) is 2.73. The van der Waals surface area contributed by atoms with Crippen molar-refractivity contribution in [3.8, 4) is 0 Å². The molecule has 0 aliphatic carbocycles. The molecule has 118 valence electrons. The van der Waals surface area contributed by atoms with Crippen molar-refractivity contribution in [1.29, 1.82) is 0 Å². The molecule has 0 saturated heterocycles. The first-order chi connectivity index (χ1) is 10.9. The van der Waals surface area contributed by atoms with Crippen LogP contribution in [0.2, 0.25) is 0 Å². The van der Waals surface area contributed by atoms with Crippen molar-refractivity contribution in [3.63, 3.8) is 0 Å². The van der Waals surface area contributed by atoms with Crippen LogP contribution in [0, 0.1) is 0 Å². The van der Waals surface area contributed by atoms with E-state index in [4.69, 9.17) is 0 Å². The number of rotatable bonds is 2. The van der Waals surface area contributed by atoms with Crippen LogP contribution < -0.4 is 10.9 Å². The average molecular weight is 310 g/mol. The highest BCUT2D eigenvalue weighted by molar-refractivity contribution is 6.07. The number of nitrogens with zero attached hydrogens (tertiary/aromatic N) is 2. The molecule has 2 heterocycles. The number of hydrogen-bond donors (Lipinski definition) is 2. The SMILES string of the molecule is CC(C)(C)n1nc(NC(=O)c2ccccc2)c2c(=O)[nH]ccc21. The molecule has 1 amide bonds. The van der Waals surface area contributed by atoms with Gasteiger partial charge in [0, 0.05) is 11.8 Å². The largest absolute Gasteiger partial charge is 0.328 e. The first-order valence-electron chi connectivity index (χ1n) is 7.35. The van der Waals surface area contributed by atoms with Crippen molar-refractivity contribution in [2.45, 2.75) is 26.3 Å². The Bertz CT molecular complexity index is 917. The van der Waals surface area contributed by atoms with Crippen molar-refractivity contribution in [2.24, 2.45) is 0 Å². The van der Waals surface area contributed by atoms with E-state index in [2.05, 4.69) is 15.4 Å². The molecule has 0 radical (unpaired) electrons. The van der Waals surface area contributed by atoms with Gasteiger partial charge in [0.15, 0.2) is 5.82 Å². The molecule has 0 atom stereocenters. The van der Waals surface area contributed by atoms with Gasteiger partial charge >= 0.3 is 0 Å². The predicted molar refractivity (Wildman–Crippen MR) is 89.7 cm³/mol. The van der Waals surface area contributed by atoms with Gasteiger partial charge in [0.05, 0.1) is 11.1 Å². The van der Waals surface area contributed by atoms with Crippen LogP contribution in [0.15, 0.2) is 47.4 Å². The second kappa shape index (κ2) is 5.39. The molecule has 2 aromatic heterocycles. The van der Waals surface area contributed by atoms with E-state index in [0.29, 0.717) is 16.5 Å². The van der Waals surface area contributed by atoms with E-state index in [1.165, 1.54) is 0 Å². The maximum Gasteiger partial charge on any atom is 0.261 e. The molecule has 0 aliphatic rings. The Morgan fingerprint density at radius 3 is 2.52 bits per heavy atom. The molecular formula is C17H18N4O2. The van der Waals surface area contributed by atoms with Gasteiger partial charge in [0.25, 0.3) is 11.5 Å². The van der Waals surface area contributed by atoms with E-state index in [1.54, 1.807) is 41.2 Å². The van der Waals surface area contributed by atoms with Gasteiger partial charge in [0.1, 0.15) is 5.39 Å². The number of H-pyrrole nitrogens is 1. The lowest BCUT2D eigenvalue weighted by Gasteiger charge is -2.20. The normalized spacial score (nSPS) is 11.6. The van der Waals surface area contributed by atoms with Crippen LogP contribution >= 0.6 is 0 Å². The lowest BCUT2D eigenvalue weighted by atomic mass is 10.1. The standard InChI is InChI=1S/C17H18N4O2/c1-17(2,3)21-12-9-10-18-16(23)13(12)14(20-21)19-15(22)11-7-5-4-6-8-11/h4-10H,1-3H3,(H,18,23)(H,19,20,22). The highest BCUT2D eigenvalue weighted by atomic mass is 16.2. The first-order valence-corrected chi connectivity index (χ1v) is 7.35. The van der Waals surface area contributed by atoms with Gasteiger partial charge in [-0.1, -0.05) is 18.2 Å². The number of hydrogen-bond acceptors (Lipinski definition) is 3. The summed E-state index contributed by atoms with van der Waals surface area (Å²) in [5.74, 6) is -0.0278. The number of aromatic nitrogens is 3. The number of aromatic amines is 1. The molecule has 0 bridgehead atoms. The van der Waals surface area contributed by atoms with E-state index >= 15 is 0 Å². The molecule has 1 aromatic carbocycles. The fourth-order valence-electron chi connectivity index (χ4n) is 2.45. The number of amides is 1.